The lowest BCUT2D eigenvalue weighted by atomic mass is 9.91. The highest BCUT2D eigenvalue weighted by Crippen LogP contribution is 2.40. The van der Waals surface area contributed by atoms with Gasteiger partial charge in [0.25, 0.3) is 0 Å². The average molecular weight is 318 g/mol. The van der Waals surface area contributed by atoms with Crippen molar-refractivity contribution in [3.63, 3.8) is 0 Å². The second-order valence-corrected chi connectivity index (χ2v) is 6.59. The predicted molar refractivity (Wildman–Crippen MR) is 96.6 cm³/mol. The Labute approximate surface area is 142 Å². The zero-order valence-corrected chi connectivity index (χ0v) is 13.9. The topological polar surface area (TPSA) is 36.1 Å². The molecule has 24 heavy (non-hydrogen) atoms. The van der Waals surface area contributed by atoms with Gasteiger partial charge in [0, 0.05) is 23.5 Å². The van der Waals surface area contributed by atoms with Crippen LogP contribution in [0.1, 0.15) is 49.4 Å². The van der Waals surface area contributed by atoms with Crippen LogP contribution < -0.4 is 0 Å². The van der Waals surface area contributed by atoms with E-state index in [0.29, 0.717) is 6.42 Å². The molecule has 3 heteroatoms. The molecule has 3 nitrogen and oxygen atoms in total. The molecule has 122 valence electrons. The van der Waals surface area contributed by atoms with Crippen molar-refractivity contribution in [3.05, 3.63) is 71.9 Å². The Morgan fingerprint density at radius 1 is 1.08 bits per heavy atom. The first-order chi connectivity index (χ1) is 11.8. The van der Waals surface area contributed by atoms with Crippen LogP contribution >= 0.6 is 0 Å². The monoisotopic (exact) mass is 318 g/mol. The van der Waals surface area contributed by atoms with Gasteiger partial charge >= 0.3 is 0 Å². The Morgan fingerprint density at radius 3 is 2.67 bits per heavy atom. The van der Waals surface area contributed by atoms with Crippen molar-refractivity contribution < 1.29 is 4.79 Å². The van der Waals surface area contributed by atoms with Gasteiger partial charge in [0.1, 0.15) is 0 Å². The quantitative estimate of drug-likeness (QED) is 0.726. The van der Waals surface area contributed by atoms with E-state index in [-0.39, 0.29) is 18.0 Å². The van der Waals surface area contributed by atoms with Crippen LogP contribution in [0.5, 0.6) is 0 Å². The molecule has 1 aliphatic heterocycles. The number of benzene rings is 2. The lowest BCUT2D eigenvalue weighted by Crippen LogP contribution is -2.39. The Hall–Kier alpha value is -2.55. The van der Waals surface area contributed by atoms with Crippen LogP contribution in [-0.4, -0.2) is 15.8 Å². The standard InChI is InChI=1S/C21H22N2O/c1-15(16-8-3-2-4-9-16)23-20(12-7-13-21(23)24)18-14-22-19-11-6-5-10-17(18)19/h2-6,8-11,14-15,20,22H,7,12-13H2,1H3/t15-,20+/m0/s1. The molecule has 2 aromatic carbocycles. The Morgan fingerprint density at radius 2 is 1.83 bits per heavy atom. The van der Waals surface area contributed by atoms with Crippen LogP contribution in [0.15, 0.2) is 60.8 Å². The summed E-state index contributed by atoms with van der Waals surface area (Å²) >= 11 is 0. The number of piperidine rings is 1. The summed E-state index contributed by atoms with van der Waals surface area (Å²) < 4.78 is 0. The van der Waals surface area contributed by atoms with E-state index >= 15 is 0 Å². The van der Waals surface area contributed by atoms with E-state index in [4.69, 9.17) is 0 Å². The van der Waals surface area contributed by atoms with E-state index in [1.165, 1.54) is 16.5 Å². The van der Waals surface area contributed by atoms with Crippen molar-refractivity contribution in [1.29, 1.82) is 0 Å². The maximum absolute atomic E-state index is 12.8. The third kappa shape index (κ3) is 2.50. The lowest BCUT2D eigenvalue weighted by Gasteiger charge is -2.40. The molecule has 0 bridgehead atoms. The number of H-pyrrole nitrogens is 1. The minimum absolute atomic E-state index is 0.0812. The molecule has 2 heterocycles. The first-order valence-corrected chi connectivity index (χ1v) is 8.68. The Bertz CT molecular complexity index is 852. The Kier molecular flexibility index (Phi) is 3.85. The second kappa shape index (κ2) is 6.16. The highest BCUT2D eigenvalue weighted by atomic mass is 16.2. The summed E-state index contributed by atoms with van der Waals surface area (Å²) in [6.07, 6.45) is 4.71. The lowest BCUT2D eigenvalue weighted by molar-refractivity contribution is -0.139. The number of nitrogens with one attached hydrogen (secondary N) is 1. The van der Waals surface area contributed by atoms with E-state index < -0.39 is 0 Å². The number of amides is 1. The van der Waals surface area contributed by atoms with E-state index in [0.717, 1.165) is 18.4 Å². The molecular weight excluding hydrogens is 296 g/mol. The molecule has 1 fully saturated rings. The van der Waals surface area contributed by atoms with Crippen molar-refractivity contribution in [2.24, 2.45) is 0 Å². The highest BCUT2D eigenvalue weighted by molar-refractivity contribution is 5.85. The first kappa shape index (κ1) is 15.0. The molecule has 3 aromatic rings. The molecule has 0 unspecified atom stereocenters. The molecule has 1 aromatic heterocycles. The van der Waals surface area contributed by atoms with Gasteiger partial charge in [-0.3, -0.25) is 4.79 Å². The number of likely N-dealkylation sites (tertiary alicyclic amines) is 1. The first-order valence-electron chi connectivity index (χ1n) is 8.68. The van der Waals surface area contributed by atoms with Gasteiger partial charge in [-0.2, -0.15) is 0 Å². The maximum atomic E-state index is 12.8. The van der Waals surface area contributed by atoms with E-state index in [1.54, 1.807) is 0 Å². The molecular formula is C21H22N2O. The summed E-state index contributed by atoms with van der Waals surface area (Å²) in [6, 6.07) is 18.9. The number of aromatic amines is 1. The van der Waals surface area contributed by atoms with Crippen LogP contribution in [0.25, 0.3) is 10.9 Å². The summed E-state index contributed by atoms with van der Waals surface area (Å²) in [5.41, 5.74) is 3.57. The predicted octanol–water partition coefficient (Wildman–Crippen LogP) is 4.98. The third-order valence-corrected chi connectivity index (χ3v) is 5.17. The van der Waals surface area contributed by atoms with Gasteiger partial charge in [-0.1, -0.05) is 48.5 Å². The fraction of sp³-hybridized carbons (Fsp3) is 0.286. The molecule has 1 aliphatic rings. The molecule has 0 radical (unpaired) electrons. The van der Waals surface area contributed by atoms with Crippen LogP contribution in [0.2, 0.25) is 0 Å². The van der Waals surface area contributed by atoms with Gasteiger partial charge in [0.15, 0.2) is 0 Å². The van der Waals surface area contributed by atoms with E-state index in [9.17, 15) is 4.79 Å². The van der Waals surface area contributed by atoms with Crippen LogP contribution in [-0.2, 0) is 4.79 Å². The smallest absolute Gasteiger partial charge is 0.223 e. The average Bonchev–Trinajstić information content (AvgIpc) is 3.06. The number of carbonyl (C=O) groups excluding carboxylic acids is 1. The van der Waals surface area contributed by atoms with Crippen molar-refractivity contribution in [2.75, 3.05) is 0 Å². The number of para-hydroxylation sites is 1. The van der Waals surface area contributed by atoms with Gasteiger partial charge in [-0.05, 0) is 37.0 Å². The second-order valence-electron chi connectivity index (χ2n) is 6.59. The molecule has 1 saturated heterocycles. The maximum Gasteiger partial charge on any atom is 0.223 e. The van der Waals surface area contributed by atoms with Gasteiger partial charge in [0.2, 0.25) is 5.91 Å². The number of hydrogen-bond acceptors (Lipinski definition) is 1. The molecule has 0 spiro atoms. The summed E-state index contributed by atoms with van der Waals surface area (Å²) in [6.45, 7) is 2.14. The Balaban J connectivity index is 1.76. The van der Waals surface area contributed by atoms with E-state index in [1.807, 2.05) is 24.3 Å². The van der Waals surface area contributed by atoms with Crippen LogP contribution in [0, 0.1) is 0 Å². The van der Waals surface area contributed by atoms with Crippen LogP contribution in [0.3, 0.4) is 0 Å². The minimum Gasteiger partial charge on any atom is -0.361 e. The number of aromatic nitrogens is 1. The number of hydrogen-bond donors (Lipinski definition) is 1. The van der Waals surface area contributed by atoms with Gasteiger partial charge in [0.05, 0.1) is 12.1 Å². The van der Waals surface area contributed by atoms with Crippen molar-refractivity contribution in [1.82, 2.24) is 9.88 Å². The molecule has 1 N–H and O–H groups in total. The van der Waals surface area contributed by atoms with Crippen molar-refractivity contribution >= 4 is 16.8 Å². The fourth-order valence-electron chi connectivity index (χ4n) is 3.94. The largest absolute Gasteiger partial charge is 0.361 e. The van der Waals surface area contributed by atoms with Gasteiger partial charge in [-0.25, -0.2) is 0 Å². The number of fused-ring (bicyclic) bond motifs is 1. The molecule has 2 atom stereocenters. The van der Waals surface area contributed by atoms with E-state index in [2.05, 4.69) is 53.3 Å². The number of nitrogens with zero attached hydrogens (tertiary/aromatic N) is 1. The summed E-state index contributed by atoms with van der Waals surface area (Å²) in [4.78, 5) is 18.2. The molecule has 4 rings (SSSR count). The number of carbonyl (C=O) groups is 1. The highest BCUT2D eigenvalue weighted by Gasteiger charge is 2.34. The fourth-order valence-corrected chi connectivity index (χ4v) is 3.94. The zero-order chi connectivity index (χ0) is 16.5. The third-order valence-electron chi connectivity index (χ3n) is 5.17. The molecule has 0 saturated carbocycles. The summed E-state index contributed by atoms with van der Waals surface area (Å²) in [5, 5.41) is 1.22. The van der Waals surface area contributed by atoms with Crippen LogP contribution in [0.4, 0.5) is 0 Å². The normalized spacial score (nSPS) is 19.6. The van der Waals surface area contributed by atoms with Gasteiger partial charge in [-0.15, -0.1) is 0 Å². The molecule has 1 amide bonds. The SMILES string of the molecule is C[C@@H](c1ccccc1)N1C(=O)CCC[C@@H]1c1c[nH]c2ccccc12. The number of rotatable bonds is 3. The minimum atomic E-state index is 0.0812. The zero-order valence-electron chi connectivity index (χ0n) is 13.9. The summed E-state index contributed by atoms with van der Waals surface area (Å²) in [5.74, 6) is 0.257. The molecule has 0 aliphatic carbocycles. The van der Waals surface area contributed by atoms with Gasteiger partial charge < -0.3 is 9.88 Å². The summed E-state index contributed by atoms with van der Waals surface area (Å²) in [7, 11) is 0. The van der Waals surface area contributed by atoms with Crippen molar-refractivity contribution in [3.8, 4) is 0 Å². The van der Waals surface area contributed by atoms with Crippen molar-refractivity contribution in [2.45, 2.75) is 38.3 Å².